The molecule has 0 aliphatic carbocycles. The number of hydrogen-bond acceptors (Lipinski definition) is 7. The summed E-state index contributed by atoms with van der Waals surface area (Å²) in [6.45, 7) is 2.14. The predicted molar refractivity (Wildman–Crippen MR) is 87.7 cm³/mol. The van der Waals surface area contributed by atoms with Gasteiger partial charge in [0.2, 0.25) is 0 Å². The zero-order valence-corrected chi connectivity index (χ0v) is 14.6. The number of allylic oxidation sites excluding steroid dienone is 1. The van der Waals surface area contributed by atoms with Gasteiger partial charge in [-0.15, -0.1) is 0 Å². The van der Waals surface area contributed by atoms with E-state index in [0.29, 0.717) is 23.7 Å². The summed E-state index contributed by atoms with van der Waals surface area (Å²) < 4.78 is 19.8. The molecule has 0 spiro atoms. The van der Waals surface area contributed by atoms with Crippen molar-refractivity contribution >= 4 is 11.9 Å². The van der Waals surface area contributed by atoms with E-state index in [1.165, 1.54) is 14.2 Å². The van der Waals surface area contributed by atoms with Gasteiger partial charge >= 0.3 is 11.9 Å². The molecule has 0 saturated carbocycles. The highest BCUT2D eigenvalue weighted by Gasteiger charge is 2.18. The molecule has 0 saturated heterocycles. The van der Waals surface area contributed by atoms with Crippen molar-refractivity contribution in [3.8, 4) is 11.5 Å². The molecule has 0 unspecified atom stereocenters. The largest absolute Gasteiger partial charge is 0.493 e. The maximum absolute atomic E-state index is 11.8. The second kappa shape index (κ2) is 9.44. The quantitative estimate of drug-likeness (QED) is 0.572. The zero-order valence-electron chi connectivity index (χ0n) is 14.6. The number of hydrogen-bond donors (Lipinski definition) is 1. The summed E-state index contributed by atoms with van der Waals surface area (Å²) in [5.41, 5.74) is 1.70. The summed E-state index contributed by atoms with van der Waals surface area (Å²) in [6, 6.07) is 5.50. The Morgan fingerprint density at radius 3 is 2.21 bits per heavy atom. The Hall–Kier alpha value is -2.70. The molecule has 0 bridgehead atoms. The van der Waals surface area contributed by atoms with E-state index in [4.69, 9.17) is 14.2 Å². The van der Waals surface area contributed by atoms with Gasteiger partial charge in [-0.25, -0.2) is 4.79 Å². The van der Waals surface area contributed by atoms with Gasteiger partial charge < -0.3 is 24.3 Å². The molecule has 24 heavy (non-hydrogen) atoms. The van der Waals surface area contributed by atoms with Crippen molar-refractivity contribution in [3.63, 3.8) is 0 Å². The average molecular weight is 337 g/mol. The monoisotopic (exact) mass is 337 g/mol. The second-order valence-corrected chi connectivity index (χ2v) is 4.89. The Balaban J connectivity index is 2.92. The third-order valence-electron chi connectivity index (χ3n) is 3.44. The Kier molecular flexibility index (Phi) is 7.61. The van der Waals surface area contributed by atoms with Gasteiger partial charge in [0.15, 0.2) is 11.5 Å². The van der Waals surface area contributed by atoms with Crippen molar-refractivity contribution in [2.24, 2.45) is 0 Å². The molecule has 1 aromatic rings. The van der Waals surface area contributed by atoms with Gasteiger partial charge in [0.05, 0.1) is 40.4 Å². The van der Waals surface area contributed by atoms with E-state index < -0.39 is 11.9 Å². The van der Waals surface area contributed by atoms with Crippen LogP contribution in [0.2, 0.25) is 0 Å². The van der Waals surface area contributed by atoms with Crippen molar-refractivity contribution in [2.45, 2.75) is 19.9 Å². The minimum atomic E-state index is -0.572. The fourth-order valence-corrected chi connectivity index (χ4v) is 2.03. The van der Waals surface area contributed by atoms with Crippen LogP contribution in [0.3, 0.4) is 0 Å². The first-order valence-corrected chi connectivity index (χ1v) is 7.26. The Morgan fingerprint density at radius 1 is 1.00 bits per heavy atom. The maximum atomic E-state index is 11.8. The number of carbonyl (C=O) groups excluding carboxylic acids is 2. The predicted octanol–water partition coefficient (Wildman–Crippen LogP) is 1.80. The van der Waals surface area contributed by atoms with E-state index >= 15 is 0 Å². The highest BCUT2D eigenvalue weighted by atomic mass is 16.5. The topological polar surface area (TPSA) is 83.1 Å². The van der Waals surface area contributed by atoms with Crippen LogP contribution >= 0.6 is 0 Å². The van der Waals surface area contributed by atoms with Crippen molar-refractivity contribution in [3.05, 3.63) is 35.0 Å². The van der Waals surface area contributed by atoms with Crippen LogP contribution in [0.4, 0.5) is 0 Å². The smallest absolute Gasteiger partial charge is 0.336 e. The molecule has 1 rings (SSSR count). The number of benzene rings is 1. The lowest BCUT2D eigenvalue weighted by Crippen LogP contribution is -2.20. The van der Waals surface area contributed by atoms with Crippen LogP contribution in [0, 0.1) is 0 Å². The van der Waals surface area contributed by atoms with Gasteiger partial charge in [-0.3, -0.25) is 4.79 Å². The minimum Gasteiger partial charge on any atom is -0.493 e. The molecule has 1 N–H and O–H groups in total. The van der Waals surface area contributed by atoms with Gasteiger partial charge in [0.1, 0.15) is 0 Å². The summed E-state index contributed by atoms with van der Waals surface area (Å²) in [7, 11) is 5.66. The lowest BCUT2D eigenvalue weighted by atomic mass is 10.1. The fraction of sp³-hybridized carbons (Fsp3) is 0.412. The molecule has 0 aliphatic heterocycles. The minimum absolute atomic E-state index is 0.159. The van der Waals surface area contributed by atoms with Crippen molar-refractivity contribution < 1.29 is 28.5 Å². The van der Waals surface area contributed by atoms with Crippen molar-refractivity contribution in [1.29, 1.82) is 0 Å². The molecule has 132 valence electrons. The van der Waals surface area contributed by atoms with Crippen LogP contribution in [-0.4, -0.2) is 40.4 Å². The second-order valence-electron chi connectivity index (χ2n) is 4.89. The molecule has 7 heteroatoms. The number of carbonyl (C=O) groups is 2. The standard InChI is InChI=1S/C17H23NO6/c1-11(13(17(20)24-5)9-16(19)23-4)18-10-12-6-7-14(21-2)15(8-12)22-3/h6-8,18H,9-10H2,1-5H3/b13-11-. The molecule has 0 heterocycles. The SMILES string of the molecule is COC(=O)C/C(C(=O)OC)=C(\C)NCc1ccc(OC)c(OC)c1. The Bertz CT molecular complexity index is 624. The van der Waals surface area contributed by atoms with Crippen LogP contribution in [0.5, 0.6) is 11.5 Å². The fourth-order valence-electron chi connectivity index (χ4n) is 2.03. The first-order chi connectivity index (χ1) is 11.5. The first kappa shape index (κ1) is 19.3. The third kappa shape index (κ3) is 5.19. The van der Waals surface area contributed by atoms with Gasteiger partial charge in [0, 0.05) is 12.2 Å². The Morgan fingerprint density at radius 2 is 1.67 bits per heavy atom. The summed E-state index contributed by atoms with van der Waals surface area (Å²) >= 11 is 0. The number of ether oxygens (including phenoxy) is 4. The summed E-state index contributed by atoms with van der Waals surface area (Å²) in [5, 5.41) is 3.11. The summed E-state index contributed by atoms with van der Waals surface area (Å²) in [4.78, 5) is 23.3. The summed E-state index contributed by atoms with van der Waals surface area (Å²) in [6.07, 6.45) is -0.159. The number of methoxy groups -OCH3 is 4. The highest BCUT2D eigenvalue weighted by Crippen LogP contribution is 2.27. The highest BCUT2D eigenvalue weighted by molar-refractivity contribution is 5.94. The van der Waals surface area contributed by atoms with Crippen molar-refractivity contribution in [1.82, 2.24) is 5.32 Å². The van der Waals surface area contributed by atoms with Gasteiger partial charge in [-0.2, -0.15) is 0 Å². The molecule has 0 aromatic heterocycles. The molecule has 0 aliphatic rings. The Labute approximate surface area is 141 Å². The molecular weight excluding hydrogens is 314 g/mol. The molecule has 0 radical (unpaired) electrons. The van der Waals surface area contributed by atoms with Crippen molar-refractivity contribution in [2.75, 3.05) is 28.4 Å². The molecule has 0 atom stereocenters. The van der Waals surface area contributed by atoms with E-state index in [-0.39, 0.29) is 12.0 Å². The van der Waals surface area contributed by atoms with Crippen LogP contribution < -0.4 is 14.8 Å². The van der Waals surface area contributed by atoms with Crippen LogP contribution in [0.15, 0.2) is 29.5 Å². The number of rotatable bonds is 8. The van der Waals surface area contributed by atoms with E-state index in [9.17, 15) is 9.59 Å². The van der Waals surface area contributed by atoms with E-state index in [0.717, 1.165) is 5.56 Å². The molecular formula is C17H23NO6. The van der Waals surface area contributed by atoms with Gasteiger partial charge in [-0.1, -0.05) is 6.07 Å². The average Bonchev–Trinajstić information content (AvgIpc) is 2.62. The molecule has 1 aromatic carbocycles. The first-order valence-electron chi connectivity index (χ1n) is 7.26. The maximum Gasteiger partial charge on any atom is 0.336 e. The molecule has 7 nitrogen and oxygen atoms in total. The number of esters is 2. The van der Waals surface area contributed by atoms with Gasteiger partial charge in [-0.05, 0) is 24.6 Å². The van der Waals surface area contributed by atoms with Crippen LogP contribution in [-0.2, 0) is 25.6 Å². The number of nitrogens with one attached hydrogen (secondary N) is 1. The molecule has 0 amide bonds. The molecule has 0 fully saturated rings. The third-order valence-corrected chi connectivity index (χ3v) is 3.44. The van der Waals surface area contributed by atoms with E-state index in [2.05, 4.69) is 10.1 Å². The van der Waals surface area contributed by atoms with Gasteiger partial charge in [0.25, 0.3) is 0 Å². The normalized spacial score (nSPS) is 11.2. The van der Waals surface area contributed by atoms with E-state index in [1.54, 1.807) is 27.2 Å². The lowest BCUT2D eigenvalue weighted by Gasteiger charge is -2.13. The van der Waals surface area contributed by atoms with Crippen LogP contribution in [0.25, 0.3) is 0 Å². The van der Waals surface area contributed by atoms with Crippen LogP contribution in [0.1, 0.15) is 18.9 Å². The summed E-state index contributed by atoms with van der Waals surface area (Å²) in [5.74, 6) is 0.163. The van der Waals surface area contributed by atoms with E-state index in [1.807, 2.05) is 12.1 Å². The lowest BCUT2D eigenvalue weighted by molar-refractivity contribution is -0.143. The zero-order chi connectivity index (χ0) is 18.1.